The topological polar surface area (TPSA) is 189 Å². The molecule has 0 fully saturated rings. The molecule has 3 atom stereocenters. The van der Waals surface area contributed by atoms with Gasteiger partial charge < -0.3 is 38.6 Å². The molecule has 14 nitrogen and oxygen atoms in total. The standard InChI is InChI=1S/C44H52N3O11P/c1-10-34(26(2)58-59(9)53-22-12-20-45)47-37(48)13-11-21-46-38(49)27-14-17-31-30(23-27)39(50)57-44(31)32-18-15-28(54-40(51)42(3,4)5)24-35(32)56-36-25-29(16-19-33(36)44)55-41(52)43(6,7)8/h14-19,23-26,34H,10-13,21-22H2,1-9H3,(H,46,49)(H,47,48). The highest BCUT2D eigenvalue weighted by Crippen LogP contribution is 2.57. The van der Waals surface area contributed by atoms with Crippen molar-refractivity contribution in [1.29, 1.82) is 5.26 Å². The highest BCUT2D eigenvalue weighted by Gasteiger charge is 2.54. The van der Waals surface area contributed by atoms with E-state index in [1.807, 2.05) is 19.9 Å². The minimum absolute atomic E-state index is 0.162. The Morgan fingerprint density at radius 1 is 0.881 bits per heavy atom. The summed E-state index contributed by atoms with van der Waals surface area (Å²) >= 11 is 0. The van der Waals surface area contributed by atoms with Crippen LogP contribution in [0.15, 0.2) is 54.6 Å². The number of benzene rings is 3. The van der Waals surface area contributed by atoms with Gasteiger partial charge in [0.15, 0.2) is 14.0 Å². The quantitative estimate of drug-likeness (QED) is 0.0655. The van der Waals surface area contributed by atoms with Crippen molar-refractivity contribution in [3.63, 3.8) is 0 Å². The number of carbonyl (C=O) groups is 5. The average molecular weight is 830 g/mol. The zero-order valence-electron chi connectivity index (χ0n) is 35.0. The van der Waals surface area contributed by atoms with Crippen LogP contribution in [0.4, 0.5) is 0 Å². The van der Waals surface area contributed by atoms with Gasteiger partial charge in [0.25, 0.3) is 5.91 Å². The van der Waals surface area contributed by atoms with E-state index >= 15 is 0 Å². The molecule has 3 aromatic carbocycles. The molecule has 2 aliphatic heterocycles. The maximum Gasteiger partial charge on any atom is 0.340 e. The van der Waals surface area contributed by atoms with Gasteiger partial charge in [-0.3, -0.25) is 19.2 Å². The van der Waals surface area contributed by atoms with Crippen LogP contribution in [0.1, 0.15) is 118 Å². The minimum atomic E-state index is -1.53. The Balaban J connectivity index is 1.33. The normalized spacial score (nSPS) is 15.2. The van der Waals surface area contributed by atoms with Crippen LogP contribution in [0.2, 0.25) is 0 Å². The molecular formula is C44H52N3O11P. The second-order valence-corrected chi connectivity index (χ2v) is 17.8. The Labute approximate surface area is 346 Å². The highest BCUT2D eigenvalue weighted by molar-refractivity contribution is 7.46. The summed E-state index contributed by atoms with van der Waals surface area (Å²) in [6.07, 6.45) is 1.14. The van der Waals surface area contributed by atoms with Crippen LogP contribution in [0.25, 0.3) is 0 Å². The van der Waals surface area contributed by atoms with Gasteiger partial charge in [0.05, 0.1) is 47.6 Å². The number of hydrogen-bond donors (Lipinski definition) is 2. The summed E-state index contributed by atoms with van der Waals surface area (Å²) in [5.41, 5.74) is -1.35. The lowest BCUT2D eigenvalue weighted by atomic mass is 9.77. The van der Waals surface area contributed by atoms with Crippen molar-refractivity contribution in [3.8, 4) is 29.1 Å². The summed E-state index contributed by atoms with van der Waals surface area (Å²) in [6.45, 7) is 16.5. The fourth-order valence-electron chi connectivity index (χ4n) is 6.42. The van der Waals surface area contributed by atoms with Crippen molar-refractivity contribution in [3.05, 3.63) is 82.4 Å². The van der Waals surface area contributed by atoms with Crippen molar-refractivity contribution in [2.24, 2.45) is 10.8 Å². The van der Waals surface area contributed by atoms with Gasteiger partial charge in [-0.2, -0.15) is 5.26 Å². The molecule has 3 unspecified atom stereocenters. The van der Waals surface area contributed by atoms with Crippen LogP contribution >= 0.6 is 8.38 Å². The third-order valence-electron chi connectivity index (χ3n) is 9.68. The molecule has 2 aliphatic rings. The summed E-state index contributed by atoms with van der Waals surface area (Å²) in [7, 11) is -1.20. The van der Waals surface area contributed by atoms with E-state index in [9.17, 15) is 24.0 Å². The Hall–Kier alpha value is -5.35. The van der Waals surface area contributed by atoms with Crippen LogP contribution in [0.5, 0.6) is 23.0 Å². The first-order chi connectivity index (χ1) is 27.8. The zero-order valence-corrected chi connectivity index (χ0v) is 35.9. The van der Waals surface area contributed by atoms with E-state index in [2.05, 4.69) is 10.6 Å². The van der Waals surface area contributed by atoms with E-state index in [1.165, 1.54) is 6.07 Å². The van der Waals surface area contributed by atoms with Gasteiger partial charge in [0.1, 0.15) is 23.0 Å². The van der Waals surface area contributed by atoms with Gasteiger partial charge in [-0.15, -0.1) is 0 Å². The predicted octanol–water partition coefficient (Wildman–Crippen LogP) is 7.84. The molecule has 0 radical (unpaired) electrons. The fourth-order valence-corrected chi connectivity index (χ4v) is 7.44. The smallest absolute Gasteiger partial charge is 0.340 e. The Morgan fingerprint density at radius 3 is 2.00 bits per heavy atom. The van der Waals surface area contributed by atoms with Crippen molar-refractivity contribution in [2.45, 2.75) is 98.8 Å². The number of carbonyl (C=O) groups excluding carboxylic acids is 5. The van der Waals surface area contributed by atoms with Crippen molar-refractivity contribution < 1.29 is 52.0 Å². The molecule has 0 aliphatic carbocycles. The summed E-state index contributed by atoms with van der Waals surface area (Å²) in [5.74, 6) is -1.31. The summed E-state index contributed by atoms with van der Waals surface area (Å²) in [6, 6.07) is 16.1. The lowest BCUT2D eigenvalue weighted by Crippen LogP contribution is -2.42. The van der Waals surface area contributed by atoms with E-state index in [0.29, 0.717) is 29.5 Å². The third kappa shape index (κ3) is 10.3. The van der Waals surface area contributed by atoms with Crippen LogP contribution in [0, 0.1) is 22.2 Å². The van der Waals surface area contributed by atoms with Crippen molar-refractivity contribution in [1.82, 2.24) is 10.6 Å². The number of nitriles is 1. The lowest BCUT2D eigenvalue weighted by Gasteiger charge is -2.36. The molecule has 3 aromatic rings. The maximum absolute atomic E-state index is 13.8. The summed E-state index contributed by atoms with van der Waals surface area (Å²) in [5, 5.41) is 14.5. The SMILES string of the molecule is CCC(NC(=O)CCCNC(=O)c1ccc2c(c1)C(=O)OC21c2ccc(OC(=O)C(C)(C)C)cc2Oc2cc(OC(=O)C(C)(C)C)ccc21)C(C)OP(C)OCCC#N. The number of hydrogen-bond acceptors (Lipinski definition) is 12. The number of fused-ring (bicyclic) bond motifs is 6. The molecule has 59 heavy (non-hydrogen) atoms. The molecule has 2 heterocycles. The van der Waals surface area contributed by atoms with Gasteiger partial charge >= 0.3 is 17.9 Å². The van der Waals surface area contributed by atoms with E-state index in [-0.39, 0.29) is 78.2 Å². The first-order valence-corrected chi connectivity index (χ1v) is 21.2. The van der Waals surface area contributed by atoms with E-state index in [1.54, 1.807) is 96.7 Å². The minimum Gasteiger partial charge on any atom is -0.456 e. The molecule has 314 valence electrons. The molecular weight excluding hydrogens is 777 g/mol. The second kappa shape index (κ2) is 18.3. The van der Waals surface area contributed by atoms with Gasteiger partial charge in [0.2, 0.25) is 5.91 Å². The van der Waals surface area contributed by atoms with Crippen molar-refractivity contribution >= 4 is 38.1 Å². The fraction of sp³-hybridized carbons (Fsp3) is 0.455. The molecule has 0 bridgehead atoms. The van der Waals surface area contributed by atoms with Crippen LogP contribution in [-0.4, -0.2) is 61.7 Å². The lowest BCUT2D eigenvalue weighted by molar-refractivity contribution is -0.143. The number of nitrogens with one attached hydrogen (secondary N) is 2. The monoisotopic (exact) mass is 829 g/mol. The van der Waals surface area contributed by atoms with Gasteiger partial charge in [0, 0.05) is 54.0 Å². The number of ether oxygens (including phenoxy) is 4. The molecule has 5 rings (SSSR count). The number of amides is 2. The number of nitrogens with zero attached hydrogens (tertiary/aromatic N) is 1. The average Bonchev–Trinajstić information content (AvgIpc) is 3.45. The second-order valence-electron chi connectivity index (χ2n) is 16.5. The third-order valence-corrected chi connectivity index (χ3v) is 10.9. The van der Waals surface area contributed by atoms with Gasteiger partial charge in [-0.25, -0.2) is 4.79 Å². The zero-order chi connectivity index (χ0) is 43.3. The predicted molar refractivity (Wildman–Crippen MR) is 218 cm³/mol. The molecule has 2 amide bonds. The van der Waals surface area contributed by atoms with Gasteiger partial charge in [-0.1, -0.05) is 13.0 Å². The number of esters is 3. The molecule has 2 N–H and O–H groups in total. The van der Waals surface area contributed by atoms with E-state index in [0.717, 1.165) is 0 Å². The summed E-state index contributed by atoms with van der Waals surface area (Å²) in [4.78, 5) is 65.5. The Bertz CT molecular complexity index is 2070. The Kier molecular flexibility index (Phi) is 13.9. The van der Waals surface area contributed by atoms with Crippen LogP contribution in [-0.2, 0) is 33.8 Å². The highest BCUT2D eigenvalue weighted by atomic mass is 31.2. The maximum atomic E-state index is 13.8. The van der Waals surface area contributed by atoms with Crippen molar-refractivity contribution in [2.75, 3.05) is 19.8 Å². The molecule has 0 saturated carbocycles. The molecule has 1 spiro atoms. The van der Waals surface area contributed by atoms with E-state index in [4.69, 9.17) is 33.3 Å². The largest absolute Gasteiger partial charge is 0.456 e. The van der Waals surface area contributed by atoms with E-state index < -0.39 is 48.6 Å². The molecule has 0 aromatic heterocycles. The summed E-state index contributed by atoms with van der Waals surface area (Å²) < 4.78 is 35.4. The Morgan fingerprint density at radius 2 is 1.46 bits per heavy atom. The number of rotatable bonds is 15. The van der Waals surface area contributed by atoms with Gasteiger partial charge in [-0.05, 0) is 97.7 Å². The molecule has 0 saturated heterocycles. The van der Waals surface area contributed by atoms with Crippen LogP contribution < -0.4 is 24.8 Å². The first-order valence-electron chi connectivity index (χ1n) is 19.6. The molecule has 15 heteroatoms. The van der Waals surface area contributed by atoms with Crippen LogP contribution in [0.3, 0.4) is 0 Å². The first kappa shape index (κ1) is 44.7.